The van der Waals surface area contributed by atoms with Gasteiger partial charge in [0.2, 0.25) is 0 Å². The molecule has 0 spiro atoms. The highest BCUT2D eigenvalue weighted by Gasteiger charge is 2.18. The standard InChI is InChI=1S/C9H15N3/c1-11-7-9(6-10-8-11)12-4-2-3-5-12/h6,10H,2-5,8H2,1H3. The van der Waals surface area contributed by atoms with E-state index in [-0.39, 0.29) is 0 Å². The van der Waals surface area contributed by atoms with Crippen molar-refractivity contribution in [3.63, 3.8) is 0 Å². The largest absolute Gasteiger partial charge is 0.377 e. The minimum absolute atomic E-state index is 0.872. The summed E-state index contributed by atoms with van der Waals surface area (Å²) in [5.41, 5.74) is 1.21. The van der Waals surface area contributed by atoms with E-state index in [0.29, 0.717) is 0 Å². The topological polar surface area (TPSA) is 18.5 Å². The van der Waals surface area contributed by atoms with Crippen LogP contribution in [0.25, 0.3) is 0 Å². The first-order valence-electron chi connectivity index (χ1n) is 4.52. The van der Waals surface area contributed by atoms with Crippen LogP contribution < -0.4 is 5.32 Å². The summed E-state index contributed by atoms with van der Waals surface area (Å²) in [5.74, 6) is 0. The van der Waals surface area contributed by atoms with Crippen molar-refractivity contribution in [2.24, 2.45) is 0 Å². The maximum Gasteiger partial charge on any atom is 0.117 e. The van der Waals surface area contributed by atoms with Gasteiger partial charge in [-0.15, -0.1) is 0 Å². The average Bonchev–Trinajstić information content (AvgIpc) is 2.56. The van der Waals surface area contributed by atoms with Crippen molar-refractivity contribution < 1.29 is 0 Å². The van der Waals surface area contributed by atoms with E-state index in [1.165, 1.54) is 31.6 Å². The number of hydrogen-bond donors (Lipinski definition) is 1. The molecule has 66 valence electrons. The molecule has 3 heteroatoms. The van der Waals surface area contributed by atoms with Crippen molar-refractivity contribution in [3.05, 3.63) is 18.4 Å². The molecule has 0 amide bonds. The van der Waals surface area contributed by atoms with Gasteiger partial charge in [-0.25, -0.2) is 0 Å². The Morgan fingerprint density at radius 1 is 1.42 bits per heavy atom. The Bertz CT molecular complexity index is 182. The molecule has 2 radical (unpaired) electrons. The van der Waals surface area contributed by atoms with E-state index in [9.17, 15) is 0 Å². The number of nitrogens with one attached hydrogen (secondary N) is 1. The van der Waals surface area contributed by atoms with Crippen molar-refractivity contribution in [1.82, 2.24) is 15.1 Å². The minimum atomic E-state index is 0.872. The van der Waals surface area contributed by atoms with Gasteiger partial charge in [0.25, 0.3) is 0 Å². The van der Waals surface area contributed by atoms with E-state index < -0.39 is 0 Å². The third-order valence-electron chi connectivity index (χ3n) is 2.32. The summed E-state index contributed by atoms with van der Waals surface area (Å²) < 4.78 is 0. The third-order valence-corrected chi connectivity index (χ3v) is 2.32. The van der Waals surface area contributed by atoms with Crippen molar-refractivity contribution in [3.8, 4) is 0 Å². The zero-order valence-corrected chi connectivity index (χ0v) is 7.51. The molecule has 2 aliphatic heterocycles. The van der Waals surface area contributed by atoms with Gasteiger partial charge in [0, 0.05) is 19.3 Å². The summed E-state index contributed by atoms with van der Waals surface area (Å²) in [7, 11) is 2.04. The molecule has 0 atom stereocenters. The zero-order valence-electron chi connectivity index (χ0n) is 7.51. The number of nitrogens with zero attached hydrogens (tertiary/aromatic N) is 2. The highest BCUT2D eigenvalue weighted by atomic mass is 15.3. The summed E-state index contributed by atoms with van der Waals surface area (Å²) in [6, 6.07) is 0. The van der Waals surface area contributed by atoms with Crippen molar-refractivity contribution in [2.75, 3.05) is 26.8 Å². The zero-order chi connectivity index (χ0) is 8.39. The Balaban J connectivity index is 1.97. The van der Waals surface area contributed by atoms with Crippen molar-refractivity contribution >= 4 is 0 Å². The summed E-state index contributed by atoms with van der Waals surface area (Å²) in [5, 5.41) is 3.22. The van der Waals surface area contributed by atoms with Crippen LogP contribution in [0.5, 0.6) is 0 Å². The van der Waals surface area contributed by atoms with E-state index in [1.807, 2.05) is 11.9 Å². The lowest BCUT2D eigenvalue weighted by molar-refractivity contribution is 0.324. The van der Waals surface area contributed by atoms with Crippen LogP contribution in [-0.2, 0) is 0 Å². The molecule has 0 unspecified atom stereocenters. The highest BCUT2D eigenvalue weighted by molar-refractivity contribution is 5.14. The highest BCUT2D eigenvalue weighted by Crippen LogP contribution is 2.18. The molecule has 1 fully saturated rings. The molecule has 3 nitrogen and oxygen atoms in total. The molecule has 2 heterocycles. The fraction of sp³-hybridized carbons (Fsp3) is 0.667. The molecule has 2 aliphatic rings. The lowest BCUT2D eigenvalue weighted by Gasteiger charge is -2.28. The number of likely N-dealkylation sites (tertiary alicyclic amines) is 1. The minimum Gasteiger partial charge on any atom is -0.377 e. The number of likely N-dealkylation sites (N-methyl/N-ethyl adjacent to an activating group) is 1. The fourth-order valence-corrected chi connectivity index (χ4v) is 1.67. The summed E-state index contributed by atoms with van der Waals surface area (Å²) in [4.78, 5) is 4.43. The van der Waals surface area contributed by atoms with Gasteiger partial charge >= 0.3 is 0 Å². The van der Waals surface area contributed by atoms with Crippen LogP contribution in [0.4, 0.5) is 0 Å². The SMILES string of the molecule is CN1[C]C(N2CCCC2)=CNC1. The van der Waals surface area contributed by atoms with Crippen molar-refractivity contribution in [2.45, 2.75) is 12.8 Å². The molecule has 0 aliphatic carbocycles. The van der Waals surface area contributed by atoms with Gasteiger partial charge < -0.3 is 10.2 Å². The van der Waals surface area contributed by atoms with E-state index in [2.05, 4.69) is 23.0 Å². The Labute approximate surface area is 74.0 Å². The van der Waals surface area contributed by atoms with Crippen LogP contribution in [0.2, 0.25) is 0 Å². The van der Waals surface area contributed by atoms with Crippen molar-refractivity contribution in [1.29, 1.82) is 0 Å². The monoisotopic (exact) mass is 165 g/mol. The second kappa shape index (κ2) is 3.35. The van der Waals surface area contributed by atoms with Crippen LogP contribution >= 0.6 is 0 Å². The maximum atomic E-state index is 3.32. The third kappa shape index (κ3) is 1.55. The van der Waals surface area contributed by atoms with Gasteiger partial charge in [-0.1, -0.05) is 0 Å². The Hall–Kier alpha value is -0.700. The molecule has 0 saturated carbocycles. The van der Waals surface area contributed by atoms with Gasteiger partial charge in [-0.05, 0) is 19.9 Å². The Kier molecular flexibility index (Phi) is 2.21. The normalized spacial score (nSPS) is 25.4. The molecule has 12 heavy (non-hydrogen) atoms. The molecular formula is C9H15N3. The van der Waals surface area contributed by atoms with Crippen LogP contribution in [0.1, 0.15) is 12.8 Å². The number of rotatable bonds is 1. The lowest BCUT2D eigenvalue weighted by atomic mass is 10.3. The summed E-state index contributed by atoms with van der Waals surface area (Å²) in [6.07, 6.45) is 4.71. The van der Waals surface area contributed by atoms with Gasteiger partial charge in [-0.3, -0.25) is 4.90 Å². The number of hydrogen-bond acceptors (Lipinski definition) is 3. The smallest absolute Gasteiger partial charge is 0.117 e. The van der Waals surface area contributed by atoms with Gasteiger partial charge in [0.05, 0.1) is 12.4 Å². The van der Waals surface area contributed by atoms with Gasteiger partial charge in [0.1, 0.15) is 6.54 Å². The van der Waals surface area contributed by atoms with Gasteiger partial charge in [-0.2, -0.15) is 0 Å². The van der Waals surface area contributed by atoms with Crippen LogP contribution in [0.3, 0.4) is 0 Å². The van der Waals surface area contributed by atoms with Gasteiger partial charge in [0.15, 0.2) is 0 Å². The molecule has 0 aromatic carbocycles. The first-order valence-corrected chi connectivity index (χ1v) is 4.52. The second-order valence-electron chi connectivity index (χ2n) is 3.40. The Morgan fingerprint density at radius 2 is 2.17 bits per heavy atom. The van der Waals surface area contributed by atoms with E-state index in [0.717, 1.165) is 6.67 Å². The van der Waals surface area contributed by atoms with Crippen LogP contribution in [0, 0.1) is 6.54 Å². The molecule has 1 N–H and O–H groups in total. The lowest BCUT2D eigenvalue weighted by Crippen LogP contribution is -2.36. The fourth-order valence-electron chi connectivity index (χ4n) is 1.67. The van der Waals surface area contributed by atoms with E-state index in [4.69, 9.17) is 0 Å². The Morgan fingerprint density at radius 3 is 2.83 bits per heavy atom. The second-order valence-corrected chi connectivity index (χ2v) is 3.40. The van der Waals surface area contributed by atoms with E-state index in [1.54, 1.807) is 0 Å². The average molecular weight is 165 g/mol. The molecular weight excluding hydrogens is 150 g/mol. The maximum absolute atomic E-state index is 3.32. The predicted octanol–water partition coefficient (Wildman–Crippen LogP) is 0.455. The first-order chi connectivity index (χ1) is 5.86. The quantitative estimate of drug-likeness (QED) is 0.609. The summed E-state index contributed by atoms with van der Waals surface area (Å²) >= 11 is 0. The van der Waals surface area contributed by atoms with E-state index >= 15 is 0 Å². The first kappa shape index (κ1) is 7.92. The molecule has 0 bridgehead atoms. The predicted molar refractivity (Wildman–Crippen MR) is 47.9 cm³/mol. The molecule has 2 rings (SSSR count). The molecule has 0 aromatic heterocycles. The van der Waals surface area contributed by atoms with Crippen LogP contribution in [0.15, 0.2) is 11.9 Å². The van der Waals surface area contributed by atoms with Crippen LogP contribution in [-0.4, -0.2) is 36.6 Å². The summed E-state index contributed by atoms with van der Waals surface area (Å²) in [6.45, 7) is 6.57. The molecule has 1 saturated heterocycles. The molecule has 0 aromatic rings.